The molecule has 10 heteroatoms. The summed E-state index contributed by atoms with van der Waals surface area (Å²) >= 11 is 6.44. The highest BCUT2D eigenvalue weighted by molar-refractivity contribution is 7.92. The largest absolute Gasteiger partial charge is 0.354 e. The van der Waals surface area contributed by atoms with E-state index in [0.29, 0.717) is 17.1 Å². The molecule has 0 aliphatic heterocycles. The average Bonchev–Trinajstić information content (AvgIpc) is 3.03. The maximum absolute atomic E-state index is 14.5. The Morgan fingerprint density at radius 3 is 2.13 bits per heavy atom. The van der Waals surface area contributed by atoms with Crippen LogP contribution in [0.15, 0.2) is 102 Å². The van der Waals surface area contributed by atoms with Gasteiger partial charge in [0, 0.05) is 24.5 Å². The maximum atomic E-state index is 14.5. The lowest BCUT2D eigenvalue weighted by Crippen LogP contribution is -2.53. The molecule has 0 radical (unpaired) electrons. The number of nitrogens with zero attached hydrogens (tertiary/aromatic N) is 2. The van der Waals surface area contributed by atoms with Gasteiger partial charge < -0.3 is 10.2 Å². The van der Waals surface area contributed by atoms with Crippen LogP contribution in [-0.4, -0.2) is 44.3 Å². The van der Waals surface area contributed by atoms with Gasteiger partial charge in [-0.15, -0.1) is 0 Å². The van der Waals surface area contributed by atoms with Crippen LogP contribution in [0.3, 0.4) is 0 Å². The van der Waals surface area contributed by atoms with Crippen LogP contribution in [0.1, 0.15) is 36.1 Å². The molecule has 1 atom stereocenters. The molecule has 2 amide bonds. The molecule has 0 fully saturated rings. The first kappa shape index (κ1) is 34.7. The Morgan fingerprint density at radius 2 is 1.52 bits per heavy atom. The first-order chi connectivity index (χ1) is 21.8. The van der Waals surface area contributed by atoms with Gasteiger partial charge in [-0.2, -0.15) is 0 Å². The number of nitrogens with one attached hydrogen (secondary N) is 1. The van der Waals surface area contributed by atoms with Crippen molar-refractivity contribution in [1.29, 1.82) is 0 Å². The Morgan fingerprint density at radius 1 is 0.870 bits per heavy atom. The van der Waals surface area contributed by atoms with E-state index in [1.165, 1.54) is 35.2 Å². The summed E-state index contributed by atoms with van der Waals surface area (Å²) in [5.74, 6) is -1.27. The second-order valence-electron chi connectivity index (χ2n) is 11.8. The molecule has 0 unspecified atom stereocenters. The van der Waals surface area contributed by atoms with Crippen molar-refractivity contribution in [2.75, 3.05) is 17.4 Å². The van der Waals surface area contributed by atoms with Crippen molar-refractivity contribution in [3.8, 4) is 0 Å². The molecule has 0 saturated carbocycles. The zero-order valence-electron chi connectivity index (χ0n) is 26.4. The Bertz CT molecular complexity index is 1750. The van der Waals surface area contributed by atoms with Gasteiger partial charge >= 0.3 is 0 Å². The van der Waals surface area contributed by atoms with Gasteiger partial charge in [0.1, 0.15) is 18.4 Å². The van der Waals surface area contributed by atoms with Gasteiger partial charge in [0.05, 0.1) is 10.6 Å². The molecule has 0 aliphatic carbocycles. The number of rotatable bonds is 13. The minimum atomic E-state index is -4.26. The average molecular weight is 664 g/mol. The van der Waals surface area contributed by atoms with Crippen LogP contribution in [0.25, 0.3) is 0 Å². The summed E-state index contributed by atoms with van der Waals surface area (Å²) in [7, 11) is -4.26. The highest BCUT2D eigenvalue weighted by atomic mass is 35.5. The number of sulfonamides is 1. The summed E-state index contributed by atoms with van der Waals surface area (Å²) < 4.78 is 43.2. The minimum absolute atomic E-state index is 0.00296. The first-order valence-electron chi connectivity index (χ1n) is 15.1. The van der Waals surface area contributed by atoms with E-state index in [9.17, 15) is 22.4 Å². The van der Waals surface area contributed by atoms with E-state index >= 15 is 0 Å². The predicted octanol–water partition coefficient (Wildman–Crippen LogP) is 6.70. The van der Waals surface area contributed by atoms with E-state index in [0.717, 1.165) is 21.0 Å². The summed E-state index contributed by atoms with van der Waals surface area (Å²) in [5.41, 5.74) is 3.22. The fourth-order valence-corrected chi connectivity index (χ4v) is 6.45. The molecule has 242 valence electrons. The van der Waals surface area contributed by atoms with Gasteiger partial charge in [0.2, 0.25) is 11.8 Å². The number of aryl methyl sites for hydroxylation is 2. The van der Waals surface area contributed by atoms with Crippen molar-refractivity contribution < 1.29 is 22.4 Å². The topological polar surface area (TPSA) is 86.8 Å². The Hall–Kier alpha value is -4.21. The predicted molar refractivity (Wildman–Crippen MR) is 181 cm³/mol. The lowest BCUT2D eigenvalue weighted by Gasteiger charge is -2.34. The maximum Gasteiger partial charge on any atom is 0.264 e. The fourth-order valence-electron chi connectivity index (χ4n) is 4.87. The van der Waals surface area contributed by atoms with Crippen LogP contribution in [-0.2, 0) is 32.6 Å². The molecule has 4 rings (SSSR count). The second kappa shape index (κ2) is 15.4. The van der Waals surface area contributed by atoms with E-state index < -0.39 is 34.3 Å². The molecule has 7 nitrogen and oxygen atoms in total. The van der Waals surface area contributed by atoms with Crippen LogP contribution < -0.4 is 9.62 Å². The zero-order chi connectivity index (χ0) is 33.4. The van der Waals surface area contributed by atoms with Crippen LogP contribution in [0.2, 0.25) is 5.02 Å². The number of anilines is 1. The van der Waals surface area contributed by atoms with Crippen molar-refractivity contribution in [3.63, 3.8) is 0 Å². The van der Waals surface area contributed by atoms with Crippen LogP contribution in [0, 0.1) is 25.6 Å². The van der Waals surface area contributed by atoms with Crippen molar-refractivity contribution in [2.24, 2.45) is 5.92 Å². The third-order valence-electron chi connectivity index (χ3n) is 7.55. The molecule has 0 heterocycles. The number of carbonyl (C=O) groups is 2. The molecule has 4 aromatic rings. The second-order valence-corrected chi connectivity index (χ2v) is 14.0. The number of halogens is 2. The molecule has 46 heavy (non-hydrogen) atoms. The standard InChI is InChI=1S/C36H39ClFN3O4S/c1-25(2)22-39-36(43)34(20-28-8-6-5-7-9-28)40(23-29-13-15-30(38)16-14-29)35(42)24-41(31-17-12-27(4)33(37)21-31)46(44,45)32-18-10-26(3)11-19-32/h5-19,21,25,34H,20,22-24H2,1-4H3,(H,39,43)/t34-/m0/s1. The van der Waals surface area contributed by atoms with Crippen molar-refractivity contribution in [2.45, 2.75) is 51.6 Å². The molecule has 0 bridgehead atoms. The Kier molecular flexibility index (Phi) is 11.6. The summed E-state index contributed by atoms with van der Waals surface area (Å²) in [6, 6.07) is 25.1. The molecule has 1 N–H and O–H groups in total. The zero-order valence-corrected chi connectivity index (χ0v) is 28.0. The van der Waals surface area contributed by atoms with Gasteiger partial charge in [-0.05, 0) is 72.9 Å². The molecule has 0 aliphatic rings. The van der Waals surface area contributed by atoms with Crippen LogP contribution >= 0.6 is 11.6 Å². The third-order valence-corrected chi connectivity index (χ3v) is 9.75. The Balaban J connectivity index is 1.81. The summed E-state index contributed by atoms with van der Waals surface area (Å²) in [6.07, 6.45) is 0.179. The van der Waals surface area contributed by atoms with Gasteiger partial charge in [-0.25, -0.2) is 12.8 Å². The van der Waals surface area contributed by atoms with Gasteiger partial charge in [0.25, 0.3) is 10.0 Å². The van der Waals surface area contributed by atoms with Gasteiger partial charge in [0.15, 0.2) is 0 Å². The van der Waals surface area contributed by atoms with Crippen molar-refractivity contribution in [1.82, 2.24) is 10.2 Å². The molecule has 0 spiro atoms. The summed E-state index contributed by atoms with van der Waals surface area (Å²) in [4.78, 5) is 29.7. The molecule has 0 aromatic heterocycles. The lowest BCUT2D eigenvalue weighted by atomic mass is 10.0. The third kappa shape index (κ3) is 8.95. The molecule has 0 saturated heterocycles. The highest BCUT2D eigenvalue weighted by Gasteiger charge is 2.34. The van der Waals surface area contributed by atoms with Crippen molar-refractivity contribution >= 4 is 39.1 Å². The number of hydrogen-bond donors (Lipinski definition) is 1. The van der Waals surface area contributed by atoms with E-state index in [2.05, 4.69) is 5.32 Å². The minimum Gasteiger partial charge on any atom is -0.354 e. The van der Waals surface area contributed by atoms with Crippen LogP contribution in [0.4, 0.5) is 10.1 Å². The number of hydrogen-bond acceptors (Lipinski definition) is 4. The summed E-state index contributed by atoms with van der Waals surface area (Å²) in [6.45, 7) is 7.30. The normalized spacial score (nSPS) is 12.1. The quantitative estimate of drug-likeness (QED) is 0.172. The van der Waals surface area contributed by atoms with E-state index in [1.54, 1.807) is 43.3 Å². The first-order valence-corrected chi connectivity index (χ1v) is 16.9. The van der Waals surface area contributed by atoms with Crippen LogP contribution in [0.5, 0.6) is 0 Å². The van der Waals surface area contributed by atoms with E-state index in [4.69, 9.17) is 11.6 Å². The lowest BCUT2D eigenvalue weighted by molar-refractivity contribution is -0.140. The van der Waals surface area contributed by atoms with E-state index in [-0.39, 0.29) is 35.4 Å². The van der Waals surface area contributed by atoms with Gasteiger partial charge in [-0.1, -0.05) is 91.7 Å². The molecule has 4 aromatic carbocycles. The SMILES string of the molecule is Cc1ccc(S(=O)(=O)N(CC(=O)N(Cc2ccc(F)cc2)[C@@H](Cc2ccccc2)C(=O)NCC(C)C)c2ccc(C)c(Cl)c2)cc1. The molecular weight excluding hydrogens is 625 g/mol. The monoisotopic (exact) mass is 663 g/mol. The van der Waals surface area contributed by atoms with Crippen molar-refractivity contribution in [3.05, 3.63) is 130 Å². The highest BCUT2D eigenvalue weighted by Crippen LogP contribution is 2.29. The number of benzene rings is 4. The summed E-state index contributed by atoms with van der Waals surface area (Å²) in [5, 5.41) is 3.29. The fraction of sp³-hybridized carbons (Fsp3) is 0.278. The van der Waals surface area contributed by atoms with Gasteiger partial charge in [-0.3, -0.25) is 13.9 Å². The number of carbonyl (C=O) groups excluding carboxylic acids is 2. The Labute approximate surface area is 276 Å². The molecular formula is C36H39ClFN3O4S. The number of amides is 2. The smallest absolute Gasteiger partial charge is 0.264 e. The van der Waals surface area contributed by atoms with E-state index in [1.807, 2.05) is 51.1 Å².